The number of amides is 1. The molecule has 1 atom stereocenters. The number of benzene rings is 3. The highest BCUT2D eigenvalue weighted by Gasteiger charge is 2.26. The Kier molecular flexibility index (Phi) is 7.23. The third-order valence-electron chi connectivity index (χ3n) is 6.02. The minimum atomic E-state index is -1.19. The van der Waals surface area contributed by atoms with Gasteiger partial charge < -0.3 is 25.3 Å². The third kappa shape index (κ3) is 5.84. The Bertz CT molecular complexity index is 1330. The van der Waals surface area contributed by atoms with E-state index in [1.54, 1.807) is 24.3 Å². The Morgan fingerprint density at radius 1 is 1.00 bits per heavy atom. The average Bonchev–Trinajstić information content (AvgIpc) is 3.06. The maximum absolute atomic E-state index is 12.9. The summed E-state index contributed by atoms with van der Waals surface area (Å²) in [5.74, 6) is 0.0529. The van der Waals surface area contributed by atoms with Crippen molar-refractivity contribution in [1.29, 1.82) is 5.41 Å². The van der Waals surface area contributed by atoms with E-state index < -0.39 is 12.1 Å². The maximum atomic E-state index is 12.9. The van der Waals surface area contributed by atoms with Crippen molar-refractivity contribution in [2.45, 2.75) is 25.1 Å². The number of carbonyl (C=O) groups is 1. The van der Waals surface area contributed by atoms with Gasteiger partial charge in [0.1, 0.15) is 11.9 Å². The molecular formula is C28H27N5O4. The van der Waals surface area contributed by atoms with Crippen molar-refractivity contribution in [2.75, 3.05) is 18.5 Å². The topological polar surface area (TPSA) is 131 Å². The molecule has 1 saturated heterocycles. The molecule has 0 aliphatic carbocycles. The van der Waals surface area contributed by atoms with Gasteiger partial charge in [0.2, 0.25) is 12.1 Å². The molecule has 0 radical (unpaired) electrons. The monoisotopic (exact) mass is 497 g/mol. The molecule has 0 saturated carbocycles. The number of carbonyl (C=O) groups excluding carboxylic acids is 1. The molecule has 3 aromatic rings. The number of para-hydroxylation sites is 1. The number of benzodiazepines with no additional fused rings is 1. The molecule has 0 spiro atoms. The zero-order chi connectivity index (χ0) is 25.6. The highest BCUT2D eigenvalue weighted by atomic mass is 16.5. The van der Waals surface area contributed by atoms with Crippen molar-refractivity contribution in [1.82, 2.24) is 0 Å². The van der Waals surface area contributed by atoms with Gasteiger partial charge in [0.25, 0.3) is 11.9 Å². The van der Waals surface area contributed by atoms with E-state index in [0.29, 0.717) is 35.9 Å². The van der Waals surface area contributed by atoms with E-state index in [4.69, 9.17) is 25.4 Å². The number of nitrogens with two attached hydrogens (primary N) is 1. The van der Waals surface area contributed by atoms with Crippen LogP contribution in [0.25, 0.3) is 0 Å². The molecule has 4 N–H and O–H groups in total. The van der Waals surface area contributed by atoms with Crippen LogP contribution in [0.3, 0.4) is 0 Å². The number of ether oxygens (including phenoxy) is 3. The van der Waals surface area contributed by atoms with E-state index >= 15 is 0 Å². The van der Waals surface area contributed by atoms with Gasteiger partial charge in [-0.15, -0.1) is 0 Å². The van der Waals surface area contributed by atoms with E-state index in [-0.39, 0.29) is 18.0 Å². The average molecular weight is 498 g/mol. The number of nitrogens with one attached hydrogen (secondary N) is 2. The summed E-state index contributed by atoms with van der Waals surface area (Å²) in [4.78, 5) is 21.7. The molecule has 0 bridgehead atoms. The van der Waals surface area contributed by atoms with Gasteiger partial charge in [0.15, 0.2) is 0 Å². The van der Waals surface area contributed by atoms with Gasteiger partial charge in [-0.1, -0.05) is 48.5 Å². The summed E-state index contributed by atoms with van der Waals surface area (Å²) in [5, 5.41) is 11.2. The molecule has 37 heavy (non-hydrogen) atoms. The van der Waals surface area contributed by atoms with Gasteiger partial charge in [-0.25, -0.2) is 4.99 Å². The Balaban J connectivity index is 1.32. The standard InChI is InChI=1S/C28H27N5O4/c29-25(19-10-12-20(13-11-19)36-21-14-16-35-17-15-21)37-28(30)33-26-27(34)31-23-9-5-4-8-22(23)24(32-26)18-6-2-1-3-7-18/h1-13,21,26,29H,14-17H2,(H2,30,33)(H,31,34). The molecule has 3 aromatic carbocycles. The smallest absolute Gasteiger partial charge is 0.291 e. The first kappa shape index (κ1) is 24.2. The summed E-state index contributed by atoms with van der Waals surface area (Å²) in [6, 6.07) is 23.6. The van der Waals surface area contributed by atoms with Gasteiger partial charge in [-0.2, -0.15) is 4.99 Å². The summed E-state index contributed by atoms with van der Waals surface area (Å²) in [7, 11) is 0. The molecular weight excluding hydrogens is 470 g/mol. The van der Waals surface area contributed by atoms with Gasteiger partial charge in [-0.05, 0) is 30.3 Å². The predicted octanol–water partition coefficient (Wildman–Crippen LogP) is 3.72. The summed E-state index contributed by atoms with van der Waals surface area (Å²) in [5.41, 5.74) is 9.33. The number of aliphatic imine (C=N–C) groups is 2. The first-order valence-electron chi connectivity index (χ1n) is 12.0. The summed E-state index contributed by atoms with van der Waals surface area (Å²) >= 11 is 0. The summed E-state index contributed by atoms with van der Waals surface area (Å²) < 4.78 is 16.8. The van der Waals surface area contributed by atoms with E-state index in [1.807, 2.05) is 54.6 Å². The Morgan fingerprint density at radius 3 is 2.46 bits per heavy atom. The van der Waals surface area contributed by atoms with E-state index in [0.717, 1.165) is 24.0 Å². The quantitative estimate of drug-likeness (QED) is 0.365. The van der Waals surface area contributed by atoms with Crippen molar-refractivity contribution >= 4 is 29.2 Å². The lowest BCUT2D eigenvalue weighted by molar-refractivity contribution is -0.117. The molecule has 2 aliphatic rings. The minimum Gasteiger partial charge on any atom is -0.490 e. The third-order valence-corrected chi connectivity index (χ3v) is 6.02. The number of nitrogens with zero attached hydrogens (tertiary/aromatic N) is 2. The number of rotatable bonds is 5. The highest BCUT2D eigenvalue weighted by molar-refractivity contribution is 6.19. The predicted molar refractivity (Wildman–Crippen MR) is 141 cm³/mol. The normalized spacial score (nSPS) is 18.2. The summed E-state index contributed by atoms with van der Waals surface area (Å²) in [6.07, 6.45) is 0.631. The molecule has 0 aromatic heterocycles. The van der Waals surface area contributed by atoms with Crippen LogP contribution in [0.4, 0.5) is 5.69 Å². The van der Waals surface area contributed by atoms with Crippen molar-refractivity contribution in [3.63, 3.8) is 0 Å². The molecule has 9 nitrogen and oxygen atoms in total. The largest absolute Gasteiger partial charge is 0.490 e. The van der Waals surface area contributed by atoms with Crippen LogP contribution in [-0.2, 0) is 14.3 Å². The molecule has 9 heteroatoms. The van der Waals surface area contributed by atoms with Crippen LogP contribution in [0.2, 0.25) is 0 Å². The first-order chi connectivity index (χ1) is 18.1. The molecule has 5 rings (SSSR count). The number of hydrogen-bond donors (Lipinski definition) is 3. The summed E-state index contributed by atoms with van der Waals surface area (Å²) in [6.45, 7) is 1.39. The number of anilines is 1. The van der Waals surface area contributed by atoms with Crippen LogP contribution in [0.15, 0.2) is 88.8 Å². The second kappa shape index (κ2) is 11.0. The lowest BCUT2D eigenvalue weighted by Gasteiger charge is -2.23. The van der Waals surface area contributed by atoms with Crippen molar-refractivity contribution < 1.29 is 19.0 Å². The molecule has 1 amide bonds. The molecule has 1 unspecified atom stereocenters. The van der Waals surface area contributed by atoms with E-state index in [1.165, 1.54) is 0 Å². The Hall–Kier alpha value is -4.50. The van der Waals surface area contributed by atoms with Crippen LogP contribution in [0.1, 0.15) is 29.5 Å². The molecule has 2 aliphatic heterocycles. The SMILES string of the molecule is N=C(O/C(N)=N/C1N=C(c2ccccc2)c2ccccc2NC1=O)c1ccc(OC2CCOCC2)cc1. The zero-order valence-electron chi connectivity index (χ0n) is 20.1. The fourth-order valence-corrected chi connectivity index (χ4v) is 4.14. The van der Waals surface area contributed by atoms with Gasteiger partial charge >= 0.3 is 0 Å². The van der Waals surface area contributed by atoms with E-state index in [9.17, 15) is 4.79 Å². The van der Waals surface area contributed by atoms with Gasteiger partial charge in [-0.3, -0.25) is 10.2 Å². The van der Waals surface area contributed by atoms with Crippen LogP contribution in [0.5, 0.6) is 5.75 Å². The Labute approximate surface area is 214 Å². The second-order valence-electron chi connectivity index (χ2n) is 8.60. The highest BCUT2D eigenvalue weighted by Crippen LogP contribution is 2.24. The molecule has 188 valence electrons. The lowest BCUT2D eigenvalue weighted by Crippen LogP contribution is -2.29. The van der Waals surface area contributed by atoms with Crippen LogP contribution in [-0.4, -0.2) is 49.0 Å². The Morgan fingerprint density at radius 2 is 1.70 bits per heavy atom. The van der Waals surface area contributed by atoms with Crippen molar-refractivity contribution in [3.8, 4) is 5.75 Å². The molecule has 2 heterocycles. The van der Waals surface area contributed by atoms with E-state index in [2.05, 4.69) is 15.3 Å². The van der Waals surface area contributed by atoms with Gasteiger partial charge in [0.05, 0.1) is 24.6 Å². The van der Waals surface area contributed by atoms with Crippen LogP contribution >= 0.6 is 0 Å². The molecule has 1 fully saturated rings. The van der Waals surface area contributed by atoms with Gasteiger partial charge in [0, 0.05) is 29.5 Å². The van der Waals surface area contributed by atoms with Crippen molar-refractivity contribution in [3.05, 3.63) is 95.6 Å². The fraction of sp³-hybridized carbons (Fsp3) is 0.214. The minimum absolute atomic E-state index is 0.122. The second-order valence-corrected chi connectivity index (χ2v) is 8.60. The first-order valence-corrected chi connectivity index (χ1v) is 12.0. The number of amidine groups is 1. The van der Waals surface area contributed by atoms with Crippen LogP contribution < -0.4 is 15.8 Å². The van der Waals surface area contributed by atoms with Crippen molar-refractivity contribution in [2.24, 2.45) is 15.7 Å². The lowest BCUT2D eigenvalue weighted by atomic mass is 10.0. The number of hydrogen-bond acceptors (Lipinski definition) is 7. The zero-order valence-corrected chi connectivity index (χ0v) is 20.1. The fourth-order valence-electron chi connectivity index (χ4n) is 4.14. The number of fused-ring (bicyclic) bond motifs is 1. The van der Waals surface area contributed by atoms with Crippen LogP contribution in [0, 0.1) is 5.41 Å². The maximum Gasteiger partial charge on any atom is 0.291 e.